The first kappa shape index (κ1) is 25.8. The molecule has 1 aliphatic rings. The Bertz CT molecular complexity index is 638. The molecular weight excluding hydrogens is 500 g/mol. The maximum atomic E-state index is 12.6. The third-order valence-corrected chi connectivity index (χ3v) is 4.63. The first-order valence-corrected chi connectivity index (χ1v) is 9.40. The van der Waals surface area contributed by atoms with Gasteiger partial charge in [-0.3, -0.25) is 9.89 Å². The molecule has 0 aromatic heterocycles. The van der Waals surface area contributed by atoms with Crippen LogP contribution in [0.25, 0.3) is 0 Å². The summed E-state index contributed by atoms with van der Waals surface area (Å²) in [5.74, 6) is 0.747. The van der Waals surface area contributed by atoms with E-state index < -0.39 is 6.36 Å². The smallest absolute Gasteiger partial charge is 0.405 e. The van der Waals surface area contributed by atoms with Crippen molar-refractivity contribution in [2.75, 3.05) is 39.9 Å². The molecule has 1 aromatic rings. The highest BCUT2D eigenvalue weighted by atomic mass is 127. The standard InChI is InChI=1S/C19H29F3N4O2.HI/c1-14(2)16(26-8-10-27-11-9-26)13-25-18(23-3)24-12-15-6-4-5-7-17(15)28-19(20,21)22;/h4-7,14,16H,8-13H2,1-3H3,(H2,23,24,25);1H. The van der Waals surface area contributed by atoms with Crippen LogP contribution in [0.2, 0.25) is 0 Å². The van der Waals surface area contributed by atoms with Gasteiger partial charge in [-0.25, -0.2) is 0 Å². The van der Waals surface area contributed by atoms with Crippen LogP contribution < -0.4 is 15.4 Å². The lowest BCUT2D eigenvalue weighted by atomic mass is 10.0. The number of para-hydroxylation sites is 1. The Balaban J connectivity index is 0.00000420. The lowest BCUT2D eigenvalue weighted by molar-refractivity contribution is -0.274. The van der Waals surface area contributed by atoms with Gasteiger partial charge in [0, 0.05) is 44.8 Å². The molecule has 1 unspecified atom stereocenters. The molecule has 29 heavy (non-hydrogen) atoms. The van der Waals surface area contributed by atoms with Gasteiger partial charge in [0.15, 0.2) is 5.96 Å². The number of nitrogens with zero attached hydrogens (tertiary/aromatic N) is 2. The number of rotatable bonds is 7. The normalized spacial score (nSPS) is 16.9. The number of alkyl halides is 3. The summed E-state index contributed by atoms with van der Waals surface area (Å²) >= 11 is 0. The number of hydrogen-bond acceptors (Lipinski definition) is 4. The maximum Gasteiger partial charge on any atom is 0.573 e. The Labute approximate surface area is 187 Å². The van der Waals surface area contributed by atoms with Gasteiger partial charge in [-0.05, 0) is 12.0 Å². The molecule has 0 bridgehead atoms. The fraction of sp³-hybridized carbons (Fsp3) is 0.632. The van der Waals surface area contributed by atoms with E-state index in [2.05, 4.69) is 39.1 Å². The Morgan fingerprint density at radius 1 is 1.21 bits per heavy atom. The highest BCUT2D eigenvalue weighted by Gasteiger charge is 2.32. The molecule has 1 aliphatic heterocycles. The van der Waals surface area contributed by atoms with E-state index >= 15 is 0 Å². The fourth-order valence-corrected chi connectivity index (χ4v) is 3.17. The summed E-state index contributed by atoms with van der Waals surface area (Å²) in [4.78, 5) is 6.56. The zero-order valence-electron chi connectivity index (χ0n) is 17.0. The van der Waals surface area contributed by atoms with Crippen LogP contribution in [-0.4, -0.2) is 63.2 Å². The quantitative estimate of drug-likeness (QED) is 0.322. The number of aliphatic imine (C=N–C) groups is 1. The van der Waals surface area contributed by atoms with Crippen LogP contribution >= 0.6 is 24.0 Å². The van der Waals surface area contributed by atoms with Crippen LogP contribution in [0.1, 0.15) is 19.4 Å². The molecule has 0 amide bonds. The van der Waals surface area contributed by atoms with Crippen LogP contribution in [0.4, 0.5) is 13.2 Å². The van der Waals surface area contributed by atoms with Gasteiger partial charge in [-0.15, -0.1) is 37.1 Å². The maximum absolute atomic E-state index is 12.6. The zero-order chi connectivity index (χ0) is 20.6. The summed E-state index contributed by atoms with van der Waals surface area (Å²) in [7, 11) is 1.63. The van der Waals surface area contributed by atoms with Gasteiger partial charge in [-0.1, -0.05) is 32.0 Å². The van der Waals surface area contributed by atoms with Crippen LogP contribution in [-0.2, 0) is 11.3 Å². The molecule has 1 aromatic carbocycles. The molecule has 1 fully saturated rings. The molecular formula is C19H30F3IN4O2. The summed E-state index contributed by atoms with van der Waals surface area (Å²) in [5, 5.41) is 6.34. The van der Waals surface area contributed by atoms with Gasteiger partial charge in [0.05, 0.1) is 13.2 Å². The average molecular weight is 530 g/mol. The highest BCUT2D eigenvalue weighted by Crippen LogP contribution is 2.26. The van der Waals surface area contributed by atoms with Gasteiger partial charge in [0.1, 0.15) is 5.75 Å². The third-order valence-electron chi connectivity index (χ3n) is 4.63. The number of halogens is 4. The predicted octanol–water partition coefficient (Wildman–Crippen LogP) is 3.23. The van der Waals surface area contributed by atoms with E-state index in [1.165, 1.54) is 12.1 Å². The Morgan fingerprint density at radius 3 is 2.45 bits per heavy atom. The number of ether oxygens (including phenoxy) is 2. The van der Waals surface area contributed by atoms with Crippen molar-refractivity contribution >= 4 is 29.9 Å². The van der Waals surface area contributed by atoms with Gasteiger partial charge in [0.25, 0.3) is 0 Å². The Kier molecular flexibility index (Phi) is 11.0. The largest absolute Gasteiger partial charge is 0.573 e. The molecule has 2 N–H and O–H groups in total. The average Bonchev–Trinajstić information content (AvgIpc) is 2.65. The number of benzene rings is 1. The van der Waals surface area contributed by atoms with Gasteiger partial charge < -0.3 is 20.1 Å². The number of nitrogens with one attached hydrogen (secondary N) is 2. The first-order chi connectivity index (χ1) is 13.3. The molecule has 2 rings (SSSR count). The van der Waals surface area contributed by atoms with E-state index in [1.807, 2.05) is 0 Å². The predicted molar refractivity (Wildman–Crippen MR) is 118 cm³/mol. The number of hydrogen-bond donors (Lipinski definition) is 2. The number of morpholine rings is 1. The highest BCUT2D eigenvalue weighted by molar-refractivity contribution is 14.0. The van der Waals surface area contributed by atoms with Crippen LogP contribution in [0.5, 0.6) is 5.75 Å². The summed E-state index contributed by atoms with van der Waals surface area (Å²) in [6.45, 7) is 8.41. The Morgan fingerprint density at radius 2 is 1.86 bits per heavy atom. The van der Waals surface area contributed by atoms with Crippen molar-refractivity contribution in [1.29, 1.82) is 0 Å². The van der Waals surface area contributed by atoms with Crippen molar-refractivity contribution in [1.82, 2.24) is 15.5 Å². The van der Waals surface area contributed by atoms with Gasteiger partial charge in [0.2, 0.25) is 0 Å². The molecule has 1 saturated heterocycles. The van der Waals surface area contributed by atoms with Crippen molar-refractivity contribution in [3.05, 3.63) is 29.8 Å². The minimum absolute atomic E-state index is 0. The number of guanidine groups is 1. The lowest BCUT2D eigenvalue weighted by Crippen LogP contribution is -2.52. The van der Waals surface area contributed by atoms with E-state index in [9.17, 15) is 13.2 Å². The second-order valence-electron chi connectivity index (χ2n) is 6.92. The summed E-state index contributed by atoms with van der Waals surface area (Å²) in [5.41, 5.74) is 0.399. The molecule has 166 valence electrons. The van der Waals surface area contributed by atoms with E-state index in [4.69, 9.17) is 4.74 Å². The molecule has 1 heterocycles. The second-order valence-corrected chi connectivity index (χ2v) is 6.92. The third kappa shape index (κ3) is 8.95. The van der Waals surface area contributed by atoms with Crippen molar-refractivity contribution < 1.29 is 22.6 Å². The SMILES string of the molecule is CN=C(NCc1ccccc1OC(F)(F)F)NCC(C(C)C)N1CCOCC1.I. The van der Waals surface area contributed by atoms with Crippen LogP contribution in [0.3, 0.4) is 0 Å². The van der Waals surface area contributed by atoms with Crippen LogP contribution in [0, 0.1) is 5.92 Å². The molecule has 10 heteroatoms. The van der Waals surface area contributed by atoms with Gasteiger partial charge in [-0.2, -0.15) is 0 Å². The van der Waals surface area contributed by atoms with E-state index in [-0.39, 0.29) is 36.3 Å². The fourth-order valence-electron chi connectivity index (χ4n) is 3.17. The molecule has 6 nitrogen and oxygen atoms in total. The minimum Gasteiger partial charge on any atom is -0.405 e. The van der Waals surface area contributed by atoms with Crippen molar-refractivity contribution in [2.24, 2.45) is 10.9 Å². The first-order valence-electron chi connectivity index (χ1n) is 9.40. The van der Waals surface area contributed by atoms with E-state index in [0.29, 0.717) is 30.0 Å². The topological polar surface area (TPSA) is 58.1 Å². The molecule has 0 saturated carbocycles. The van der Waals surface area contributed by atoms with E-state index in [0.717, 1.165) is 26.3 Å². The summed E-state index contributed by atoms with van der Waals surface area (Å²) < 4.78 is 47.2. The Hall–Kier alpha value is -1.27. The molecule has 1 atom stereocenters. The van der Waals surface area contributed by atoms with Crippen molar-refractivity contribution in [2.45, 2.75) is 32.8 Å². The molecule has 0 spiro atoms. The van der Waals surface area contributed by atoms with E-state index in [1.54, 1.807) is 19.2 Å². The molecule has 0 radical (unpaired) electrons. The van der Waals surface area contributed by atoms with Crippen LogP contribution in [0.15, 0.2) is 29.3 Å². The second kappa shape index (κ2) is 12.4. The monoisotopic (exact) mass is 530 g/mol. The summed E-state index contributed by atoms with van der Waals surface area (Å²) in [6, 6.07) is 6.37. The lowest BCUT2D eigenvalue weighted by Gasteiger charge is -2.37. The van der Waals surface area contributed by atoms with Gasteiger partial charge >= 0.3 is 6.36 Å². The van der Waals surface area contributed by atoms with Crippen molar-refractivity contribution in [3.8, 4) is 5.75 Å². The molecule has 0 aliphatic carbocycles. The van der Waals surface area contributed by atoms with Crippen molar-refractivity contribution in [3.63, 3.8) is 0 Å². The zero-order valence-corrected chi connectivity index (χ0v) is 19.3. The summed E-state index contributed by atoms with van der Waals surface area (Å²) in [6.07, 6.45) is -4.72. The minimum atomic E-state index is -4.72.